The van der Waals surface area contributed by atoms with Gasteiger partial charge >= 0.3 is 5.97 Å². The third kappa shape index (κ3) is 2.78. The molecule has 0 saturated heterocycles. The van der Waals surface area contributed by atoms with Crippen LogP contribution in [0.5, 0.6) is 5.06 Å². The average molecular weight is 280 g/mol. The number of carboxylic acid groups (broad SMARTS) is 1. The number of fused-ring (bicyclic) bond motifs is 1. The minimum absolute atomic E-state index is 0.257. The quantitative estimate of drug-likeness (QED) is 0.740. The summed E-state index contributed by atoms with van der Waals surface area (Å²) >= 11 is 1.14. The lowest BCUT2D eigenvalue weighted by atomic mass is 10.0. The number of carboxylic acids is 1. The molecule has 0 amide bonds. The SMILES string of the molecule is CCC/C(C=N)=C1/NCCOc2sc(C(=O)O)cc21. The van der Waals surface area contributed by atoms with Crippen molar-refractivity contribution in [1.82, 2.24) is 5.32 Å². The summed E-state index contributed by atoms with van der Waals surface area (Å²) in [4.78, 5) is 11.3. The van der Waals surface area contributed by atoms with Gasteiger partial charge < -0.3 is 20.6 Å². The minimum atomic E-state index is -0.951. The normalized spacial score (nSPS) is 16.7. The van der Waals surface area contributed by atoms with Gasteiger partial charge in [0.25, 0.3) is 0 Å². The second kappa shape index (κ2) is 5.88. The molecule has 102 valence electrons. The van der Waals surface area contributed by atoms with E-state index in [2.05, 4.69) is 12.2 Å². The first-order valence-corrected chi connectivity index (χ1v) is 6.96. The fraction of sp³-hybridized carbons (Fsp3) is 0.385. The molecule has 2 heterocycles. The highest BCUT2D eigenvalue weighted by atomic mass is 32.1. The Morgan fingerprint density at radius 3 is 3.11 bits per heavy atom. The Morgan fingerprint density at radius 2 is 2.47 bits per heavy atom. The van der Waals surface area contributed by atoms with Crippen LogP contribution in [0.2, 0.25) is 0 Å². The number of thiophene rings is 1. The van der Waals surface area contributed by atoms with Gasteiger partial charge in [-0.2, -0.15) is 0 Å². The third-order valence-corrected chi connectivity index (χ3v) is 3.87. The zero-order chi connectivity index (χ0) is 13.8. The molecule has 1 aromatic heterocycles. The number of ether oxygens (including phenoxy) is 1. The van der Waals surface area contributed by atoms with Crippen molar-refractivity contribution >= 4 is 29.2 Å². The van der Waals surface area contributed by atoms with E-state index in [1.165, 1.54) is 6.21 Å². The first-order valence-electron chi connectivity index (χ1n) is 6.15. The van der Waals surface area contributed by atoms with Crippen LogP contribution < -0.4 is 10.1 Å². The molecule has 0 spiro atoms. The molecule has 0 unspecified atom stereocenters. The molecule has 0 atom stereocenters. The van der Waals surface area contributed by atoms with Gasteiger partial charge in [-0.1, -0.05) is 24.7 Å². The van der Waals surface area contributed by atoms with Crippen LogP contribution in [0.4, 0.5) is 0 Å². The smallest absolute Gasteiger partial charge is 0.346 e. The van der Waals surface area contributed by atoms with Gasteiger partial charge in [0.2, 0.25) is 0 Å². The van der Waals surface area contributed by atoms with Crippen LogP contribution in [0.25, 0.3) is 5.70 Å². The summed E-state index contributed by atoms with van der Waals surface area (Å²) in [5.41, 5.74) is 2.46. The summed E-state index contributed by atoms with van der Waals surface area (Å²) in [7, 11) is 0. The summed E-state index contributed by atoms with van der Waals surface area (Å²) in [6, 6.07) is 1.62. The highest BCUT2D eigenvalue weighted by molar-refractivity contribution is 7.16. The number of allylic oxidation sites excluding steroid dienone is 1. The van der Waals surface area contributed by atoms with E-state index < -0.39 is 5.97 Å². The lowest BCUT2D eigenvalue weighted by Crippen LogP contribution is -2.17. The van der Waals surface area contributed by atoms with Gasteiger partial charge in [-0.15, -0.1) is 0 Å². The third-order valence-electron chi connectivity index (χ3n) is 2.83. The highest BCUT2D eigenvalue weighted by Crippen LogP contribution is 2.37. The van der Waals surface area contributed by atoms with Gasteiger partial charge in [-0.25, -0.2) is 4.79 Å². The van der Waals surface area contributed by atoms with E-state index in [4.69, 9.17) is 15.3 Å². The average Bonchev–Trinajstić information content (AvgIpc) is 2.72. The van der Waals surface area contributed by atoms with Crippen LogP contribution in [0, 0.1) is 5.41 Å². The maximum absolute atomic E-state index is 11.1. The Hall–Kier alpha value is -1.82. The fourth-order valence-electron chi connectivity index (χ4n) is 2.00. The van der Waals surface area contributed by atoms with E-state index in [-0.39, 0.29) is 4.88 Å². The van der Waals surface area contributed by atoms with Crippen molar-refractivity contribution < 1.29 is 14.6 Å². The topological polar surface area (TPSA) is 82.4 Å². The van der Waals surface area contributed by atoms with E-state index in [9.17, 15) is 4.79 Å². The molecule has 0 aromatic carbocycles. The van der Waals surface area contributed by atoms with Gasteiger partial charge in [-0.05, 0) is 18.1 Å². The summed E-state index contributed by atoms with van der Waals surface area (Å²) < 4.78 is 5.57. The lowest BCUT2D eigenvalue weighted by Gasteiger charge is -2.10. The summed E-state index contributed by atoms with van der Waals surface area (Å²) in [6.45, 7) is 3.20. The largest absolute Gasteiger partial charge is 0.481 e. The fourth-order valence-corrected chi connectivity index (χ4v) is 2.88. The molecule has 1 aliphatic rings. The van der Waals surface area contributed by atoms with Gasteiger partial charge in [0, 0.05) is 12.8 Å². The maximum atomic E-state index is 11.1. The summed E-state index contributed by atoms with van der Waals surface area (Å²) in [5, 5.41) is 20.5. The van der Waals surface area contributed by atoms with Crippen LogP contribution in [0.15, 0.2) is 11.6 Å². The van der Waals surface area contributed by atoms with Crippen LogP contribution >= 0.6 is 11.3 Å². The van der Waals surface area contributed by atoms with E-state index >= 15 is 0 Å². The van der Waals surface area contributed by atoms with Crippen molar-refractivity contribution in [3.05, 3.63) is 22.1 Å². The van der Waals surface area contributed by atoms with Crippen LogP contribution in [0.3, 0.4) is 0 Å². The minimum Gasteiger partial charge on any atom is -0.481 e. The molecule has 1 aliphatic heterocycles. The summed E-state index contributed by atoms with van der Waals surface area (Å²) in [6.07, 6.45) is 3.05. The van der Waals surface area contributed by atoms with Crippen molar-refractivity contribution in [3.63, 3.8) is 0 Å². The van der Waals surface area contributed by atoms with E-state index in [1.54, 1.807) is 6.07 Å². The van der Waals surface area contributed by atoms with Crippen molar-refractivity contribution in [1.29, 1.82) is 5.41 Å². The number of hydrogen-bond donors (Lipinski definition) is 3. The van der Waals surface area contributed by atoms with Crippen LogP contribution in [0.1, 0.15) is 35.0 Å². The lowest BCUT2D eigenvalue weighted by molar-refractivity contribution is 0.0702. The molecule has 19 heavy (non-hydrogen) atoms. The van der Waals surface area contributed by atoms with Gasteiger partial charge in [0.05, 0.1) is 11.3 Å². The van der Waals surface area contributed by atoms with Crippen molar-refractivity contribution in [2.24, 2.45) is 0 Å². The number of nitrogens with one attached hydrogen (secondary N) is 2. The molecule has 5 nitrogen and oxygen atoms in total. The standard InChI is InChI=1S/C13H16N2O3S/c1-2-3-8(7-14)11-9-6-10(12(16)17)19-13(9)18-5-4-15-11/h6-7,14-15H,2-5H2,1H3,(H,16,17)/b11-8-,14-7?. The molecule has 0 aliphatic carbocycles. The zero-order valence-electron chi connectivity index (χ0n) is 10.7. The Kier molecular flexibility index (Phi) is 4.21. The molecule has 0 saturated carbocycles. The van der Waals surface area contributed by atoms with Gasteiger partial charge in [0.15, 0.2) is 5.06 Å². The van der Waals surface area contributed by atoms with E-state index in [0.29, 0.717) is 18.2 Å². The number of hydrogen-bond acceptors (Lipinski definition) is 5. The second-order valence-electron chi connectivity index (χ2n) is 4.19. The molecule has 0 fully saturated rings. The first-order chi connectivity index (χ1) is 9.17. The molecular weight excluding hydrogens is 264 g/mol. The molecule has 6 heteroatoms. The van der Waals surface area contributed by atoms with Gasteiger partial charge in [0.1, 0.15) is 11.5 Å². The number of rotatable bonds is 4. The molecule has 0 bridgehead atoms. The molecule has 0 radical (unpaired) electrons. The van der Waals surface area contributed by atoms with E-state index in [1.807, 2.05) is 0 Å². The van der Waals surface area contributed by atoms with E-state index in [0.717, 1.165) is 41.0 Å². The first kappa shape index (κ1) is 13.6. The van der Waals surface area contributed by atoms with Crippen molar-refractivity contribution in [3.8, 4) is 5.06 Å². The molecule has 1 aromatic rings. The molecular formula is C13H16N2O3S. The number of carbonyl (C=O) groups is 1. The Morgan fingerprint density at radius 1 is 1.68 bits per heavy atom. The van der Waals surface area contributed by atoms with Crippen LogP contribution in [-0.2, 0) is 0 Å². The monoisotopic (exact) mass is 280 g/mol. The van der Waals surface area contributed by atoms with Crippen molar-refractivity contribution in [2.45, 2.75) is 19.8 Å². The Balaban J connectivity index is 2.52. The second-order valence-corrected chi connectivity index (χ2v) is 5.20. The number of aromatic carboxylic acids is 1. The van der Waals surface area contributed by atoms with Gasteiger partial charge in [-0.3, -0.25) is 0 Å². The van der Waals surface area contributed by atoms with Crippen LogP contribution in [-0.4, -0.2) is 30.4 Å². The summed E-state index contributed by atoms with van der Waals surface area (Å²) in [5.74, 6) is -0.951. The highest BCUT2D eigenvalue weighted by Gasteiger charge is 2.22. The van der Waals surface area contributed by atoms with Crippen molar-refractivity contribution in [2.75, 3.05) is 13.2 Å². The Labute approximate surface area is 115 Å². The predicted molar refractivity (Wildman–Crippen MR) is 75.4 cm³/mol. The molecule has 2 rings (SSSR count). The predicted octanol–water partition coefficient (Wildman–Crippen LogP) is 2.59. The zero-order valence-corrected chi connectivity index (χ0v) is 11.5. The Bertz CT molecular complexity index is 534. The molecule has 3 N–H and O–H groups in total. The maximum Gasteiger partial charge on any atom is 0.346 e.